The van der Waals surface area contributed by atoms with Gasteiger partial charge in [0.15, 0.2) is 4.77 Å². The lowest BCUT2D eigenvalue weighted by molar-refractivity contribution is 0.198. The molecule has 0 amide bonds. The zero-order chi connectivity index (χ0) is 14.2. The summed E-state index contributed by atoms with van der Waals surface area (Å²) in [5.41, 5.74) is 0.412. The minimum absolute atomic E-state index is 0.349. The number of hydrogen-bond donors (Lipinski definition) is 1. The molecule has 0 bridgehead atoms. The standard InChI is InChI=1S/C14H26N4S/c1-10(2)18-12(15-16-13(18)19)17-8-6-11(7-9-17)14(3,4)5/h10-11H,6-9H2,1-5H3,(H,16,19). The first-order valence-corrected chi connectivity index (χ1v) is 7.63. The van der Waals surface area contributed by atoms with Crippen molar-refractivity contribution in [2.45, 2.75) is 53.5 Å². The first-order valence-electron chi connectivity index (χ1n) is 7.22. The van der Waals surface area contributed by atoms with Gasteiger partial charge in [-0.2, -0.15) is 0 Å². The molecule has 1 aromatic heterocycles. The Labute approximate surface area is 121 Å². The van der Waals surface area contributed by atoms with E-state index in [4.69, 9.17) is 12.2 Å². The van der Waals surface area contributed by atoms with Crippen LogP contribution in [0.3, 0.4) is 0 Å². The van der Waals surface area contributed by atoms with E-state index in [9.17, 15) is 0 Å². The third kappa shape index (κ3) is 3.02. The third-order valence-corrected chi connectivity index (χ3v) is 4.49. The van der Waals surface area contributed by atoms with Crippen LogP contribution in [0.2, 0.25) is 0 Å². The summed E-state index contributed by atoms with van der Waals surface area (Å²) >= 11 is 5.32. The van der Waals surface area contributed by atoms with Crippen molar-refractivity contribution in [2.75, 3.05) is 18.0 Å². The summed E-state index contributed by atoms with van der Waals surface area (Å²) in [7, 11) is 0. The van der Waals surface area contributed by atoms with E-state index >= 15 is 0 Å². The third-order valence-electron chi connectivity index (χ3n) is 4.20. The van der Waals surface area contributed by atoms with Crippen LogP contribution in [0.5, 0.6) is 0 Å². The molecule has 4 nitrogen and oxygen atoms in total. The second-order valence-electron chi connectivity index (χ2n) is 6.92. The molecule has 1 aliphatic rings. The molecule has 0 radical (unpaired) electrons. The summed E-state index contributed by atoms with van der Waals surface area (Å²) in [4.78, 5) is 2.37. The molecule has 1 aliphatic heterocycles. The SMILES string of the molecule is CC(C)n1c(N2CCC(C(C)(C)C)CC2)n[nH]c1=S. The number of anilines is 1. The zero-order valence-corrected chi connectivity index (χ0v) is 13.5. The van der Waals surface area contributed by atoms with Crippen molar-refractivity contribution in [1.29, 1.82) is 0 Å². The van der Waals surface area contributed by atoms with Crippen LogP contribution in [0, 0.1) is 16.1 Å². The van der Waals surface area contributed by atoms with Crippen molar-refractivity contribution < 1.29 is 0 Å². The van der Waals surface area contributed by atoms with Gasteiger partial charge in [0.1, 0.15) is 0 Å². The Balaban J connectivity index is 2.12. The Hall–Kier alpha value is -0.840. The maximum Gasteiger partial charge on any atom is 0.225 e. The predicted molar refractivity (Wildman–Crippen MR) is 82.2 cm³/mol. The number of H-pyrrole nitrogens is 1. The number of nitrogens with one attached hydrogen (secondary N) is 1. The lowest BCUT2D eigenvalue weighted by Crippen LogP contribution is -2.39. The summed E-state index contributed by atoms with van der Waals surface area (Å²) in [6, 6.07) is 0.349. The number of piperidine rings is 1. The fourth-order valence-electron chi connectivity index (χ4n) is 2.93. The largest absolute Gasteiger partial charge is 0.341 e. The van der Waals surface area contributed by atoms with Crippen LogP contribution in [-0.2, 0) is 0 Å². The molecular formula is C14H26N4S. The fraction of sp³-hybridized carbons (Fsp3) is 0.857. The average Bonchev–Trinajstić information content (AvgIpc) is 2.70. The van der Waals surface area contributed by atoms with E-state index in [-0.39, 0.29) is 0 Å². The first-order chi connectivity index (χ1) is 8.80. The number of aromatic amines is 1. The number of nitrogens with zero attached hydrogens (tertiary/aromatic N) is 3. The molecule has 0 aromatic carbocycles. The van der Waals surface area contributed by atoms with E-state index in [1.54, 1.807) is 0 Å². The highest BCUT2D eigenvalue weighted by Crippen LogP contribution is 2.35. The molecule has 2 rings (SSSR count). The second-order valence-corrected chi connectivity index (χ2v) is 7.31. The highest BCUT2D eigenvalue weighted by molar-refractivity contribution is 7.71. The molecule has 1 N–H and O–H groups in total. The molecule has 0 atom stereocenters. The van der Waals surface area contributed by atoms with Crippen molar-refractivity contribution in [1.82, 2.24) is 14.8 Å². The molecular weight excluding hydrogens is 256 g/mol. The van der Waals surface area contributed by atoms with Crippen LogP contribution in [0.1, 0.15) is 53.5 Å². The lowest BCUT2D eigenvalue weighted by atomic mass is 9.75. The summed E-state index contributed by atoms with van der Waals surface area (Å²) in [5, 5.41) is 7.35. The van der Waals surface area contributed by atoms with Gasteiger partial charge >= 0.3 is 0 Å². The molecule has 108 valence electrons. The van der Waals surface area contributed by atoms with E-state index in [0.717, 1.165) is 29.7 Å². The highest BCUT2D eigenvalue weighted by Gasteiger charge is 2.30. The molecule has 0 spiro atoms. The van der Waals surface area contributed by atoms with Crippen LogP contribution in [0.15, 0.2) is 0 Å². The maximum atomic E-state index is 5.32. The van der Waals surface area contributed by atoms with Crippen LogP contribution >= 0.6 is 12.2 Å². The monoisotopic (exact) mass is 282 g/mol. The number of rotatable bonds is 2. The quantitative estimate of drug-likeness (QED) is 0.839. The van der Waals surface area contributed by atoms with Crippen molar-refractivity contribution in [3.05, 3.63) is 4.77 Å². The minimum Gasteiger partial charge on any atom is -0.341 e. The molecule has 2 heterocycles. The Morgan fingerprint density at radius 3 is 2.32 bits per heavy atom. The molecule has 1 saturated heterocycles. The van der Waals surface area contributed by atoms with Crippen molar-refractivity contribution >= 4 is 18.2 Å². The Bertz CT molecular complexity index is 472. The van der Waals surface area contributed by atoms with Gasteiger partial charge in [-0.1, -0.05) is 20.8 Å². The van der Waals surface area contributed by atoms with Crippen molar-refractivity contribution in [3.8, 4) is 0 Å². The zero-order valence-electron chi connectivity index (χ0n) is 12.7. The maximum absolute atomic E-state index is 5.32. The molecule has 19 heavy (non-hydrogen) atoms. The van der Waals surface area contributed by atoms with Crippen LogP contribution in [0.4, 0.5) is 5.95 Å². The van der Waals surface area contributed by atoms with Gasteiger partial charge in [-0.05, 0) is 50.2 Å². The molecule has 0 unspecified atom stereocenters. The smallest absolute Gasteiger partial charge is 0.225 e. The average molecular weight is 282 g/mol. The fourth-order valence-corrected chi connectivity index (χ4v) is 3.27. The van der Waals surface area contributed by atoms with E-state index in [2.05, 4.69) is 54.3 Å². The van der Waals surface area contributed by atoms with Gasteiger partial charge in [0.05, 0.1) is 0 Å². The first kappa shape index (κ1) is 14.6. The summed E-state index contributed by atoms with van der Waals surface area (Å²) in [6.07, 6.45) is 2.47. The van der Waals surface area contributed by atoms with Gasteiger partial charge in [0, 0.05) is 19.1 Å². The number of aromatic nitrogens is 3. The molecule has 0 aliphatic carbocycles. The van der Waals surface area contributed by atoms with Crippen molar-refractivity contribution in [2.24, 2.45) is 11.3 Å². The minimum atomic E-state index is 0.349. The normalized spacial score (nSPS) is 18.3. The van der Waals surface area contributed by atoms with Gasteiger partial charge in [0.2, 0.25) is 5.95 Å². The topological polar surface area (TPSA) is 36.9 Å². The van der Waals surface area contributed by atoms with E-state index in [1.165, 1.54) is 12.8 Å². The van der Waals surface area contributed by atoms with Gasteiger partial charge in [0.25, 0.3) is 0 Å². The number of hydrogen-bond acceptors (Lipinski definition) is 3. The van der Waals surface area contributed by atoms with Crippen LogP contribution < -0.4 is 4.90 Å². The van der Waals surface area contributed by atoms with Gasteiger partial charge in [-0.25, -0.2) is 5.10 Å². The van der Waals surface area contributed by atoms with E-state index in [1.807, 2.05) is 0 Å². The molecule has 0 saturated carbocycles. The van der Waals surface area contributed by atoms with E-state index < -0.39 is 0 Å². The summed E-state index contributed by atoms with van der Waals surface area (Å²) < 4.78 is 2.84. The Kier molecular flexibility index (Phi) is 4.04. The summed E-state index contributed by atoms with van der Waals surface area (Å²) in [6.45, 7) is 13.5. The van der Waals surface area contributed by atoms with Gasteiger partial charge in [-0.3, -0.25) is 4.57 Å². The predicted octanol–water partition coefficient (Wildman–Crippen LogP) is 3.78. The lowest BCUT2D eigenvalue weighted by Gasteiger charge is -2.39. The Morgan fingerprint density at radius 1 is 1.26 bits per heavy atom. The molecule has 1 aromatic rings. The van der Waals surface area contributed by atoms with Crippen LogP contribution in [-0.4, -0.2) is 27.9 Å². The second kappa shape index (κ2) is 5.27. The van der Waals surface area contributed by atoms with Gasteiger partial charge in [-0.15, -0.1) is 5.10 Å². The van der Waals surface area contributed by atoms with Crippen LogP contribution in [0.25, 0.3) is 0 Å². The van der Waals surface area contributed by atoms with Gasteiger partial charge < -0.3 is 4.90 Å². The molecule has 1 fully saturated rings. The van der Waals surface area contributed by atoms with Crippen molar-refractivity contribution in [3.63, 3.8) is 0 Å². The Morgan fingerprint density at radius 2 is 1.84 bits per heavy atom. The highest BCUT2D eigenvalue weighted by atomic mass is 32.1. The summed E-state index contributed by atoms with van der Waals surface area (Å²) in [5.74, 6) is 1.81. The van der Waals surface area contributed by atoms with E-state index in [0.29, 0.717) is 11.5 Å². The molecule has 5 heteroatoms.